The zero-order valence-electron chi connectivity index (χ0n) is 17.5. The van der Waals surface area contributed by atoms with Gasteiger partial charge in [0.15, 0.2) is 0 Å². The Hall–Kier alpha value is -2.34. The number of rotatable bonds is 6. The second kappa shape index (κ2) is 9.65. The van der Waals surface area contributed by atoms with Gasteiger partial charge in [-0.05, 0) is 59.2 Å². The van der Waals surface area contributed by atoms with E-state index in [-0.39, 0.29) is 11.8 Å². The standard InChI is InChI=1S/C24H30N2O3S/c1-18(27)26-14-21(16-29-22-5-3-2-4-6-22)23(15-26)20-7-10-25(11-8-20)24(28)13-19-9-12-30-17-19/h2-6,9,12,17,20-21,23H,7-8,10-11,13-16H2,1H3/t21-,23-/m0/s1. The minimum Gasteiger partial charge on any atom is -0.493 e. The normalized spacial score (nSPS) is 22.3. The smallest absolute Gasteiger partial charge is 0.227 e. The Kier molecular flexibility index (Phi) is 6.72. The summed E-state index contributed by atoms with van der Waals surface area (Å²) in [5.41, 5.74) is 1.11. The van der Waals surface area contributed by atoms with Crippen LogP contribution in [0, 0.1) is 17.8 Å². The van der Waals surface area contributed by atoms with Crippen LogP contribution in [0.5, 0.6) is 5.75 Å². The van der Waals surface area contributed by atoms with Crippen molar-refractivity contribution in [1.82, 2.24) is 9.80 Å². The molecule has 160 valence electrons. The van der Waals surface area contributed by atoms with E-state index in [1.165, 1.54) is 0 Å². The molecule has 1 aromatic carbocycles. The lowest BCUT2D eigenvalue weighted by molar-refractivity contribution is -0.132. The number of amides is 2. The number of likely N-dealkylation sites (tertiary alicyclic amines) is 2. The Bertz CT molecular complexity index is 831. The second-order valence-corrected chi connectivity index (χ2v) is 9.28. The number of carbonyl (C=O) groups is 2. The van der Waals surface area contributed by atoms with Gasteiger partial charge in [0.05, 0.1) is 13.0 Å². The van der Waals surface area contributed by atoms with Gasteiger partial charge in [-0.15, -0.1) is 0 Å². The van der Waals surface area contributed by atoms with Gasteiger partial charge in [-0.25, -0.2) is 0 Å². The molecule has 0 saturated carbocycles. The third kappa shape index (κ3) is 5.04. The fraction of sp³-hybridized carbons (Fsp3) is 0.500. The number of ether oxygens (including phenoxy) is 1. The fourth-order valence-corrected chi connectivity index (χ4v) is 5.51. The molecule has 2 atom stereocenters. The van der Waals surface area contributed by atoms with Crippen LogP contribution in [0.3, 0.4) is 0 Å². The summed E-state index contributed by atoms with van der Waals surface area (Å²) in [6.45, 7) is 5.50. The zero-order valence-corrected chi connectivity index (χ0v) is 18.4. The Morgan fingerprint density at radius 2 is 1.83 bits per heavy atom. The van der Waals surface area contributed by atoms with Crippen LogP contribution in [0.2, 0.25) is 0 Å². The maximum atomic E-state index is 12.6. The number of benzene rings is 1. The van der Waals surface area contributed by atoms with Crippen molar-refractivity contribution < 1.29 is 14.3 Å². The maximum Gasteiger partial charge on any atom is 0.227 e. The summed E-state index contributed by atoms with van der Waals surface area (Å²) in [5, 5.41) is 4.07. The predicted molar refractivity (Wildman–Crippen MR) is 118 cm³/mol. The highest BCUT2D eigenvalue weighted by molar-refractivity contribution is 7.08. The SMILES string of the molecule is CC(=O)N1C[C@@H](COc2ccccc2)[C@H](C2CCN(C(=O)Cc3ccsc3)CC2)C1. The Labute approximate surface area is 182 Å². The molecule has 1 aromatic heterocycles. The topological polar surface area (TPSA) is 49.9 Å². The van der Waals surface area contributed by atoms with Crippen LogP contribution < -0.4 is 4.74 Å². The summed E-state index contributed by atoms with van der Waals surface area (Å²) in [7, 11) is 0. The first-order valence-electron chi connectivity index (χ1n) is 10.8. The zero-order chi connectivity index (χ0) is 20.9. The predicted octanol–water partition coefficient (Wildman–Crippen LogP) is 3.70. The van der Waals surface area contributed by atoms with Crippen LogP contribution in [0.1, 0.15) is 25.3 Å². The van der Waals surface area contributed by atoms with Gasteiger partial charge in [0.2, 0.25) is 11.8 Å². The molecule has 2 aliphatic rings. The molecule has 4 rings (SSSR count). The summed E-state index contributed by atoms with van der Waals surface area (Å²) in [6.07, 6.45) is 2.52. The van der Waals surface area contributed by atoms with Gasteiger partial charge in [0, 0.05) is 39.0 Å². The molecule has 30 heavy (non-hydrogen) atoms. The Morgan fingerprint density at radius 1 is 1.07 bits per heavy atom. The van der Waals surface area contributed by atoms with E-state index in [1.54, 1.807) is 18.3 Å². The highest BCUT2D eigenvalue weighted by Crippen LogP contribution is 2.36. The molecule has 2 aliphatic heterocycles. The molecule has 0 N–H and O–H groups in total. The summed E-state index contributed by atoms with van der Waals surface area (Å²) >= 11 is 1.64. The molecule has 0 aliphatic carbocycles. The van der Waals surface area contributed by atoms with Gasteiger partial charge in [0.25, 0.3) is 0 Å². The molecule has 0 unspecified atom stereocenters. The number of thiophene rings is 1. The lowest BCUT2D eigenvalue weighted by atomic mass is 9.78. The average molecular weight is 427 g/mol. The monoisotopic (exact) mass is 426 g/mol. The molecule has 0 radical (unpaired) electrons. The number of piperidine rings is 1. The van der Waals surface area contributed by atoms with E-state index in [4.69, 9.17) is 4.74 Å². The van der Waals surface area contributed by atoms with E-state index < -0.39 is 0 Å². The number of para-hydroxylation sites is 1. The molecule has 0 spiro atoms. The lowest BCUT2D eigenvalue weighted by Crippen LogP contribution is -2.42. The van der Waals surface area contributed by atoms with E-state index in [2.05, 4.69) is 5.38 Å². The van der Waals surface area contributed by atoms with E-state index in [1.807, 2.05) is 51.6 Å². The number of hydrogen-bond acceptors (Lipinski definition) is 4. The molecule has 2 amide bonds. The molecule has 0 bridgehead atoms. The van der Waals surface area contributed by atoms with Crippen LogP contribution in [0.4, 0.5) is 0 Å². The fourth-order valence-electron chi connectivity index (χ4n) is 4.84. The largest absolute Gasteiger partial charge is 0.493 e. The van der Waals surface area contributed by atoms with Crippen molar-refractivity contribution in [2.24, 2.45) is 17.8 Å². The Balaban J connectivity index is 1.33. The van der Waals surface area contributed by atoms with E-state index in [0.29, 0.717) is 30.8 Å². The third-order valence-corrected chi connectivity index (χ3v) is 7.31. The van der Waals surface area contributed by atoms with Crippen molar-refractivity contribution >= 4 is 23.2 Å². The minimum atomic E-state index is 0.144. The summed E-state index contributed by atoms with van der Waals surface area (Å²) in [6, 6.07) is 11.9. The van der Waals surface area contributed by atoms with Crippen molar-refractivity contribution in [2.45, 2.75) is 26.2 Å². The van der Waals surface area contributed by atoms with Crippen molar-refractivity contribution in [3.05, 3.63) is 52.7 Å². The van der Waals surface area contributed by atoms with Gasteiger partial charge in [0.1, 0.15) is 5.75 Å². The average Bonchev–Trinajstić information content (AvgIpc) is 3.43. The maximum absolute atomic E-state index is 12.6. The second-order valence-electron chi connectivity index (χ2n) is 8.50. The van der Waals surface area contributed by atoms with Crippen LogP contribution in [0.25, 0.3) is 0 Å². The summed E-state index contributed by atoms with van der Waals surface area (Å²) in [5.74, 6) is 2.56. The molecule has 2 saturated heterocycles. The van der Waals surface area contributed by atoms with Gasteiger partial charge in [-0.1, -0.05) is 18.2 Å². The van der Waals surface area contributed by atoms with Crippen molar-refractivity contribution in [1.29, 1.82) is 0 Å². The molecular formula is C24H30N2O3S. The number of nitrogens with zero attached hydrogens (tertiary/aromatic N) is 2. The van der Waals surface area contributed by atoms with E-state index in [9.17, 15) is 9.59 Å². The van der Waals surface area contributed by atoms with Crippen LogP contribution >= 0.6 is 11.3 Å². The minimum absolute atomic E-state index is 0.144. The number of carbonyl (C=O) groups excluding carboxylic acids is 2. The first-order valence-corrected chi connectivity index (χ1v) is 11.8. The quantitative estimate of drug-likeness (QED) is 0.708. The number of hydrogen-bond donors (Lipinski definition) is 0. The van der Waals surface area contributed by atoms with Gasteiger partial charge in [-0.3, -0.25) is 9.59 Å². The molecule has 5 nitrogen and oxygen atoms in total. The molecular weight excluding hydrogens is 396 g/mol. The third-order valence-electron chi connectivity index (χ3n) is 6.58. The first kappa shape index (κ1) is 20.9. The molecule has 6 heteroatoms. The van der Waals surface area contributed by atoms with Crippen molar-refractivity contribution in [2.75, 3.05) is 32.8 Å². The Morgan fingerprint density at radius 3 is 2.50 bits per heavy atom. The van der Waals surface area contributed by atoms with Gasteiger partial charge < -0.3 is 14.5 Å². The van der Waals surface area contributed by atoms with Gasteiger partial charge in [-0.2, -0.15) is 11.3 Å². The van der Waals surface area contributed by atoms with Gasteiger partial charge >= 0.3 is 0 Å². The van der Waals surface area contributed by atoms with Crippen LogP contribution in [-0.2, 0) is 16.0 Å². The van der Waals surface area contributed by atoms with Crippen molar-refractivity contribution in [3.8, 4) is 5.75 Å². The highest BCUT2D eigenvalue weighted by atomic mass is 32.1. The van der Waals surface area contributed by atoms with Crippen molar-refractivity contribution in [3.63, 3.8) is 0 Å². The highest BCUT2D eigenvalue weighted by Gasteiger charge is 2.40. The molecule has 3 heterocycles. The first-order chi connectivity index (χ1) is 14.6. The van der Waals surface area contributed by atoms with Crippen LogP contribution in [-0.4, -0.2) is 54.4 Å². The van der Waals surface area contributed by atoms with E-state index in [0.717, 1.165) is 50.3 Å². The van der Waals surface area contributed by atoms with E-state index >= 15 is 0 Å². The molecule has 2 aromatic rings. The van der Waals surface area contributed by atoms with Crippen LogP contribution in [0.15, 0.2) is 47.2 Å². The lowest BCUT2D eigenvalue weighted by Gasteiger charge is -2.36. The molecule has 2 fully saturated rings. The summed E-state index contributed by atoms with van der Waals surface area (Å²) in [4.78, 5) is 28.6. The summed E-state index contributed by atoms with van der Waals surface area (Å²) < 4.78 is 6.06.